The highest BCUT2D eigenvalue weighted by Gasteiger charge is 2.06. The quantitative estimate of drug-likeness (QED) is 0.542. The Hall–Kier alpha value is -1.98. The fourth-order valence-electron chi connectivity index (χ4n) is 0.620. The third-order valence-corrected chi connectivity index (χ3v) is 1.13. The maximum atomic E-state index is 10.7. The summed E-state index contributed by atoms with van der Waals surface area (Å²) in [6, 6.07) is 0. The van der Waals surface area contributed by atoms with Crippen LogP contribution in [-0.2, 0) is 16.1 Å². The molecule has 76 valence electrons. The van der Waals surface area contributed by atoms with E-state index in [2.05, 4.69) is 18.3 Å². The van der Waals surface area contributed by atoms with Gasteiger partial charge in [0, 0.05) is 0 Å². The molecule has 0 aliphatic rings. The zero-order valence-electron chi connectivity index (χ0n) is 7.39. The van der Waals surface area contributed by atoms with E-state index in [-0.39, 0.29) is 12.4 Å². The van der Waals surface area contributed by atoms with E-state index in [9.17, 15) is 9.59 Å². The van der Waals surface area contributed by atoms with Crippen LogP contribution in [0.2, 0.25) is 0 Å². The standard InChI is InChI=1S/C8H8O6/c1-2-3-11-7(9)12-4-6-5-13-8(10)14-6/h2-3,5H,4H2,1H3. The predicted molar refractivity (Wildman–Crippen MR) is 43.3 cm³/mol. The summed E-state index contributed by atoms with van der Waals surface area (Å²) in [5.74, 6) is -0.724. The molecule has 1 aromatic rings. The first kappa shape index (κ1) is 10.1. The minimum atomic E-state index is -0.882. The Bertz CT molecular complexity index is 371. The van der Waals surface area contributed by atoms with Crippen molar-refractivity contribution in [3.8, 4) is 0 Å². The Morgan fingerprint density at radius 2 is 2.43 bits per heavy atom. The van der Waals surface area contributed by atoms with Crippen molar-refractivity contribution >= 4 is 6.16 Å². The lowest BCUT2D eigenvalue weighted by atomic mass is 10.6. The molecule has 0 bridgehead atoms. The molecule has 1 rings (SSSR count). The van der Waals surface area contributed by atoms with Crippen molar-refractivity contribution in [3.05, 3.63) is 35.0 Å². The van der Waals surface area contributed by atoms with Gasteiger partial charge in [-0.3, -0.25) is 0 Å². The molecule has 6 heteroatoms. The average molecular weight is 200 g/mol. The molecule has 0 aromatic carbocycles. The summed E-state index contributed by atoms with van der Waals surface area (Å²) in [6.45, 7) is 1.48. The topological polar surface area (TPSA) is 78.9 Å². The summed E-state index contributed by atoms with van der Waals surface area (Å²) in [7, 11) is 0. The first-order valence-electron chi connectivity index (χ1n) is 3.74. The van der Waals surface area contributed by atoms with Crippen LogP contribution in [0, 0.1) is 0 Å². The summed E-state index contributed by atoms with van der Waals surface area (Å²) in [5, 5.41) is 0. The van der Waals surface area contributed by atoms with Crippen molar-refractivity contribution in [1.82, 2.24) is 0 Å². The van der Waals surface area contributed by atoms with Gasteiger partial charge in [-0.25, -0.2) is 9.59 Å². The van der Waals surface area contributed by atoms with Gasteiger partial charge in [0.05, 0.1) is 6.26 Å². The molecular formula is C8H8O6. The summed E-state index contributed by atoms with van der Waals surface area (Å²) in [4.78, 5) is 21.1. The van der Waals surface area contributed by atoms with E-state index < -0.39 is 12.0 Å². The van der Waals surface area contributed by atoms with Crippen molar-refractivity contribution in [2.75, 3.05) is 0 Å². The maximum absolute atomic E-state index is 10.7. The van der Waals surface area contributed by atoms with Crippen LogP contribution < -0.4 is 5.82 Å². The lowest BCUT2D eigenvalue weighted by molar-refractivity contribution is 0.0724. The Balaban J connectivity index is 2.33. The summed E-state index contributed by atoms with van der Waals surface area (Å²) in [5.41, 5.74) is 0. The molecule has 0 unspecified atom stereocenters. The molecule has 0 aliphatic heterocycles. The normalized spacial score (nSPS) is 10.4. The molecule has 14 heavy (non-hydrogen) atoms. The fourth-order valence-corrected chi connectivity index (χ4v) is 0.620. The van der Waals surface area contributed by atoms with E-state index in [0.29, 0.717) is 0 Å². The van der Waals surface area contributed by atoms with Crippen molar-refractivity contribution < 1.29 is 23.1 Å². The monoisotopic (exact) mass is 200 g/mol. The molecule has 0 amide bonds. The molecule has 0 saturated heterocycles. The van der Waals surface area contributed by atoms with Crippen molar-refractivity contribution in [1.29, 1.82) is 0 Å². The third kappa shape index (κ3) is 3.18. The van der Waals surface area contributed by atoms with Gasteiger partial charge in [-0.1, -0.05) is 6.08 Å². The van der Waals surface area contributed by atoms with E-state index in [1.807, 2.05) is 0 Å². The minimum absolute atomic E-state index is 0.118. The number of rotatable bonds is 3. The highest BCUT2D eigenvalue weighted by atomic mass is 16.7. The molecule has 0 N–H and O–H groups in total. The maximum Gasteiger partial charge on any atom is 0.518 e. The number of carbonyl (C=O) groups excluding carboxylic acids is 1. The average Bonchev–Trinajstić information content (AvgIpc) is 2.58. The predicted octanol–water partition coefficient (Wildman–Crippen LogP) is 1.42. The second kappa shape index (κ2) is 4.90. The summed E-state index contributed by atoms with van der Waals surface area (Å²) < 4.78 is 17.7. The van der Waals surface area contributed by atoms with Crippen molar-refractivity contribution in [2.24, 2.45) is 0 Å². The molecule has 1 aromatic heterocycles. The second-order valence-corrected chi connectivity index (χ2v) is 2.18. The van der Waals surface area contributed by atoms with Gasteiger partial charge < -0.3 is 18.3 Å². The van der Waals surface area contributed by atoms with Crippen molar-refractivity contribution in [2.45, 2.75) is 13.5 Å². The Morgan fingerprint density at radius 1 is 1.64 bits per heavy atom. The molecule has 0 aliphatic carbocycles. The molecule has 6 nitrogen and oxygen atoms in total. The van der Waals surface area contributed by atoms with Crippen LogP contribution in [-0.4, -0.2) is 6.16 Å². The molecule has 0 radical (unpaired) electrons. The fraction of sp³-hybridized carbons (Fsp3) is 0.250. The van der Waals surface area contributed by atoms with Crippen LogP contribution in [0.15, 0.2) is 32.2 Å². The number of allylic oxidation sites excluding steroid dienone is 1. The van der Waals surface area contributed by atoms with Gasteiger partial charge in [0.15, 0.2) is 12.4 Å². The van der Waals surface area contributed by atoms with Crippen LogP contribution in [0.25, 0.3) is 0 Å². The number of carbonyl (C=O) groups is 1. The van der Waals surface area contributed by atoms with Gasteiger partial charge in [0.1, 0.15) is 6.26 Å². The van der Waals surface area contributed by atoms with Gasteiger partial charge in [0.2, 0.25) is 0 Å². The highest BCUT2D eigenvalue weighted by molar-refractivity contribution is 5.60. The Kier molecular flexibility index (Phi) is 3.54. The number of hydrogen-bond acceptors (Lipinski definition) is 6. The van der Waals surface area contributed by atoms with E-state index >= 15 is 0 Å². The molecule has 0 spiro atoms. The van der Waals surface area contributed by atoms with E-state index in [1.54, 1.807) is 6.92 Å². The molecule has 1 heterocycles. The first-order valence-corrected chi connectivity index (χ1v) is 3.74. The highest BCUT2D eigenvalue weighted by Crippen LogP contribution is 1.99. The Labute approximate surface area is 78.7 Å². The number of hydrogen-bond donors (Lipinski definition) is 0. The second-order valence-electron chi connectivity index (χ2n) is 2.18. The van der Waals surface area contributed by atoms with Crippen LogP contribution >= 0.6 is 0 Å². The van der Waals surface area contributed by atoms with Gasteiger partial charge in [-0.15, -0.1) is 0 Å². The largest absolute Gasteiger partial charge is 0.518 e. The van der Waals surface area contributed by atoms with Gasteiger partial charge in [-0.2, -0.15) is 0 Å². The van der Waals surface area contributed by atoms with Crippen LogP contribution in [0.4, 0.5) is 4.79 Å². The van der Waals surface area contributed by atoms with Crippen LogP contribution in [0.1, 0.15) is 12.7 Å². The molecule has 0 fully saturated rings. The molecule has 0 saturated carbocycles. The van der Waals surface area contributed by atoms with E-state index in [4.69, 9.17) is 0 Å². The Morgan fingerprint density at radius 3 is 3.00 bits per heavy atom. The molecule has 0 atom stereocenters. The lowest BCUT2D eigenvalue weighted by Gasteiger charge is -1.98. The smallest absolute Gasteiger partial charge is 0.426 e. The van der Waals surface area contributed by atoms with Gasteiger partial charge in [0.25, 0.3) is 0 Å². The zero-order valence-corrected chi connectivity index (χ0v) is 7.39. The third-order valence-electron chi connectivity index (χ3n) is 1.13. The van der Waals surface area contributed by atoms with Crippen LogP contribution in [0.3, 0.4) is 0 Å². The van der Waals surface area contributed by atoms with Crippen molar-refractivity contribution in [3.63, 3.8) is 0 Å². The SMILES string of the molecule is CC=COC(=O)OCc1coc(=O)o1. The van der Waals surface area contributed by atoms with Gasteiger partial charge >= 0.3 is 12.0 Å². The molecular weight excluding hydrogens is 192 g/mol. The van der Waals surface area contributed by atoms with Gasteiger partial charge in [-0.05, 0) is 6.92 Å². The number of ether oxygens (including phenoxy) is 2. The first-order chi connectivity index (χ1) is 6.72. The van der Waals surface area contributed by atoms with Crippen LogP contribution in [0.5, 0.6) is 0 Å². The minimum Gasteiger partial charge on any atom is -0.426 e. The summed E-state index contributed by atoms with van der Waals surface area (Å²) in [6.07, 6.45) is 2.88. The lowest BCUT2D eigenvalue weighted by Crippen LogP contribution is -2.03. The zero-order chi connectivity index (χ0) is 10.4. The summed E-state index contributed by atoms with van der Waals surface area (Å²) >= 11 is 0. The van der Waals surface area contributed by atoms with E-state index in [1.165, 1.54) is 12.3 Å². The van der Waals surface area contributed by atoms with E-state index in [0.717, 1.165) is 6.26 Å².